The van der Waals surface area contributed by atoms with Gasteiger partial charge in [0.1, 0.15) is 29.4 Å². The molecule has 2 heterocycles. The number of nitrogens with one attached hydrogen (secondary N) is 2. The van der Waals surface area contributed by atoms with E-state index in [4.69, 9.17) is 0 Å². The molecule has 1 aromatic heterocycles. The lowest BCUT2D eigenvalue weighted by Gasteiger charge is -2.32. The summed E-state index contributed by atoms with van der Waals surface area (Å²) in [5, 5.41) is 12.6. The third-order valence-electron chi connectivity index (χ3n) is 6.93. The Bertz CT molecular complexity index is 1380. The first-order valence-electron chi connectivity index (χ1n) is 12.5. The number of nitriles is 1. The highest BCUT2D eigenvalue weighted by atomic mass is 19.1. The van der Waals surface area contributed by atoms with Crippen molar-refractivity contribution in [1.82, 2.24) is 14.8 Å². The van der Waals surface area contributed by atoms with Gasteiger partial charge in [0.25, 0.3) is 5.91 Å². The Hall–Kier alpha value is -4.26. The smallest absolute Gasteiger partial charge is 0.270 e. The van der Waals surface area contributed by atoms with Gasteiger partial charge >= 0.3 is 0 Å². The van der Waals surface area contributed by atoms with E-state index in [0.29, 0.717) is 18.5 Å². The maximum Gasteiger partial charge on any atom is 0.270 e. The zero-order valence-electron chi connectivity index (χ0n) is 21.2. The number of hydrogen-bond donors (Lipinski definition) is 2. The first kappa shape index (κ1) is 26.8. The summed E-state index contributed by atoms with van der Waals surface area (Å²) in [6, 6.07) is 12.5. The molecule has 10 heteroatoms. The molecule has 1 saturated heterocycles. The lowest BCUT2D eigenvalue weighted by molar-refractivity contribution is -0.136. The largest absolute Gasteiger partial charge is 0.350 e. The minimum atomic E-state index is -0.901. The predicted molar refractivity (Wildman–Crippen MR) is 138 cm³/mol. The van der Waals surface area contributed by atoms with Crippen LogP contribution < -0.4 is 5.32 Å². The van der Waals surface area contributed by atoms with Crippen LogP contribution in [0.25, 0.3) is 10.9 Å². The number of aromatic amines is 1. The molecule has 198 valence electrons. The van der Waals surface area contributed by atoms with E-state index in [9.17, 15) is 28.4 Å². The number of carbonyl (C=O) groups excluding carboxylic acids is 3. The van der Waals surface area contributed by atoms with E-state index in [-0.39, 0.29) is 35.5 Å². The summed E-state index contributed by atoms with van der Waals surface area (Å²) in [5.41, 5.74) is 0.767. The van der Waals surface area contributed by atoms with Gasteiger partial charge in [-0.3, -0.25) is 14.4 Å². The molecule has 4 rings (SSSR count). The van der Waals surface area contributed by atoms with Crippen LogP contribution in [0.15, 0.2) is 48.5 Å². The SMILES string of the molecule is CCCCC(C(=O)N1CC(C(=O)Nc2ccccc2)CC1C#N)N(C)C(=O)c1cc2c(F)cc(F)cc2[nH]1. The first-order chi connectivity index (χ1) is 18.2. The Kier molecular flexibility index (Phi) is 8.05. The van der Waals surface area contributed by atoms with Crippen LogP contribution in [0.3, 0.4) is 0 Å². The Morgan fingerprint density at radius 1 is 1.21 bits per heavy atom. The van der Waals surface area contributed by atoms with Crippen molar-refractivity contribution in [3.05, 3.63) is 65.9 Å². The van der Waals surface area contributed by atoms with Crippen LogP contribution >= 0.6 is 0 Å². The number of para-hydroxylation sites is 1. The van der Waals surface area contributed by atoms with Crippen LogP contribution in [-0.2, 0) is 9.59 Å². The number of benzene rings is 2. The third kappa shape index (κ3) is 5.52. The van der Waals surface area contributed by atoms with Crippen molar-refractivity contribution in [3.63, 3.8) is 0 Å². The van der Waals surface area contributed by atoms with Crippen molar-refractivity contribution < 1.29 is 23.2 Å². The molecule has 0 aliphatic carbocycles. The van der Waals surface area contributed by atoms with E-state index in [1.165, 1.54) is 22.9 Å². The number of unbranched alkanes of at least 4 members (excludes halogenated alkanes) is 1. The normalized spacial score (nSPS) is 17.7. The van der Waals surface area contributed by atoms with E-state index in [2.05, 4.69) is 16.4 Å². The molecular formula is C28H29F2N5O3. The molecular weight excluding hydrogens is 492 g/mol. The highest BCUT2D eigenvalue weighted by Gasteiger charge is 2.42. The second-order valence-corrected chi connectivity index (χ2v) is 9.53. The molecule has 0 spiro atoms. The van der Waals surface area contributed by atoms with E-state index < -0.39 is 41.5 Å². The summed E-state index contributed by atoms with van der Waals surface area (Å²) in [6.45, 7) is 2.01. The van der Waals surface area contributed by atoms with Crippen molar-refractivity contribution in [1.29, 1.82) is 5.26 Å². The monoisotopic (exact) mass is 521 g/mol. The maximum absolute atomic E-state index is 14.2. The van der Waals surface area contributed by atoms with Gasteiger partial charge in [-0.05, 0) is 37.1 Å². The topological polar surface area (TPSA) is 109 Å². The summed E-state index contributed by atoms with van der Waals surface area (Å²) in [7, 11) is 1.47. The number of likely N-dealkylation sites (N-methyl/N-ethyl adjacent to an activating group) is 1. The second kappa shape index (κ2) is 11.4. The number of anilines is 1. The lowest BCUT2D eigenvalue weighted by Crippen LogP contribution is -2.50. The van der Waals surface area contributed by atoms with E-state index >= 15 is 0 Å². The maximum atomic E-state index is 14.2. The minimum absolute atomic E-state index is 0.0136. The van der Waals surface area contributed by atoms with Gasteiger partial charge in [0.15, 0.2) is 0 Å². The molecule has 0 saturated carbocycles. The molecule has 8 nitrogen and oxygen atoms in total. The van der Waals surface area contributed by atoms with Crippen LogP contribution in [-0.4, -0.2) is 58.2 Å². The summed E-state index contributed by atoms with van der Waals surface area (Å²) in [5.74, 6) is -3.43. The van der Waals surface area contributed by atoms with Gasteiger partial charge in [-0.15, -0.1) is 0 Å². The number of rotatable bonds is 8. The average molecular weight is 522 g/mol. The van der Waals surface area contributed by atoms with Gasteiger partial charge in [0.05, 0.1) is 17.5 Å². The third-order valence-corrected chi connectivity index (χ3v) is 6.93. The van der Waals surface area contributed by atoms with Crippen LogP contribution in [0.1, 0.15) is 43.1 Å². The zero-order chi connectivity index (χ0) is 27.4. The fourth-order valence-corrected chi connectivity index (χ4v) is 4.84. The van der Waals surface area contributed by atoms with Crippen LogP contribution in [0.4, 0.5) is 14.5 Å². The van der Waals surface area contributed by atoms with Gasteiger partial charge in [-0.1, -0.05) is 38.0 Å². The van der Waals surface area contributed by atoms with Crippen molar-refractivity contribution in [3.8, 4) is 6.07 Å². The number of carbonyl (C=O) groups is 3. The van der Waals surface area contributed by atoms with Gasteiger partial charge < -0.3 is 20.1 Å². The number of likely N-dealkylation sites (tertiary alicyclic amines) is 1. The molecule has 3 aromatic rings. The van der Waals surface area contributed by atoms with Gasteiger partial charge in [0.2, 0.25) is 11.8 Å². The zero-order valence-corrected chi connectivity index (χ0v) is 21.2. The van der Waals surface area contributed by atoms with Crippen molar-refractivity contribution in [2.45, 2.75) is 44.7 Å². The highest BCUT2D eigenvalue weighted by molar-refractivity contribution is 6.00. The number of hydrogen-bond acceptors (Lipinski definition) is 4. The Morgan fingerprint density at radius 2 is 1.95 bits per heavy atom. The quantitative estimate of drug-likeness (QED) is 0.456. The van der Waals surface area contributed by atoms with Crippen molar-refractivity contribution in [2.24, 2.45) is 5.92 Å². The molecule has 3 amide bonds. The highest BCUT2D eigenvalue weighted by Crippen LogP contribution is 2.28. The standard InChI is InChI=1S/C28H29F2N5O3/c1-3-4-10-25(34(2)27(37)24-14-21-22(30)12-18(29)13-23(21)33-24)28(38)35-16-17(11-20(35)15-31)26(36)32-19-8-6-5-7-9-19/h5-9,12-14,17,20,25,33H,3-4,10-11,16H2,1-2H3,(H,32,36). The fraction of sp³-hybridized carbons (Fsp3) is 0.357. The van der Waals surface area contributed by atoms with E-state index in [1.54, 1.807) is 24.3 Å². The van der Waals surface area contributed by atoms with Gasteiger partial charge in [-0.2, -0.15) is 5.26 Å². The predicted octanol–water partition coefficient (Wildman–Crippen LogP) is 4.46. The molecule has 1 fully saturated rings. The molecule has 0 radical (unpaired) electrons. The average Bonchev–Trinajstić information content (AvgIpc) is 3.53. The number of halogens is 2. The van der Waals surface area contributed by atoms with Crippen LogP contribution in [0, 0.1) is 28.9 Å². The molecule has 1 aliphatic heterocycles. The van der Waals surface area contributed by atoms with Crippen molar-refractivity contribution >= 4 is 34.3 Å². The van der Waals surface area contributed by atoms with Gasteiger partial charge in [-0.25, -0.2) is 8.78 Å². The molecule has 2 N–H and O–H groups in total. The minimum Gasteiger partial charge on any atom is -0.350 e. The van der Waals surface area contributed by atoms with Crippen LogP contribution in [0.5, 0.6) is 0 Å². The number of H-pyrrole nitrogens is 1. The Morgan fingerprint density at radius 3 is 2.63 bits per heavy atom. The number of amides is 3. The van der Waals surface area contributed by atoms with Gasteiger partial charge in [0, 0.05) is 30.7 Å². The number of fused-ring (bicyclic) bond motifs is 1. The molecule has 2 aromatic carbocycles. The number of aromatic nitrogens is 1. The van der Waals surface area contributed by atoms with Crippen molar-refractivity contribution in [2.75, 3.05) is 18.9 Å². The number of nitrogens with zero attached hydrogens (tertiary/aromatic N) is 3. The Balaban J connectivity index is 1.54. The molecule has 3 unspecified atom stereocenters. The Labute approximate surface area is 219 Å². The second-order valence-electron chi connectivity index (χ2n) is 9.53. The lowest BCUT2D eigenvalue weighted by atomic mass is 10.1. The molecule has 0 bridgehead atoms. The summed E-state index contributed by atoms with van der Waals surface area (Å²) >= 11 is 0. The molecule has 3 atom stereocenters. The van der Waals surface area contributed by atoms with E-state index in [1.807, 2.05) is 13.0 Å². The fourth-order valence-electron chi connectivity index (χ4n) is 4.84. The summed E-state index contributed by atoms with van der Waals surface area (Å²) in [6.07, 6.45) is 1.94. The summed E-state index contributed by atoms with van der Waals surface area (Å²) in [4.78, 5) is 45.3. The van der Waals surface area contributed by atoms with Crippen LogP contribution in [0.2, 0.25) is 0 Å². The van der Waals surface area contributed by atoms with E-state index in [0.717, 1.165) is 18.6 Å². The molecule has 38 heavy (non-hydrogen) atoms. The first-order valence-corrected chi connectivity index (χ1v) is 12.5. The summed E-state index contributed by atoms with van der Waals surface area (Å²) < 4.78 is 27.8. The molecule has 1 aliphatic rings.